The van der Waals surface area contributed by atoms with Crippen molar-refractivity contribution in [1.82, 2.24) is 0 Å². The van der Waals surface area contributed by atoms with E-state index in [9.17, 15) is 4.79 Å². The van der Waals surface area contributed by atoms with E-state index in [0.29, 0.717) is 18.7 Å². The van der Waals surface area contributed by atoms with E-state index in [1.807, 2.05) is 0 Å². The minimum Gasteiger partial charge on any atom is -0.461 e. The monoisotopic (exact) mass is 240 g/mol. The van der Waals surface area contributed by atoms with Gasteiger partial charge in [0.2, 0.25) is 0 Å². The molecule has 0 unspecified atom stereocenters. The van der Waals surface area contributed by atoms with Gasteiger partial charge in [0.15, 0.2) is 20.4 Å². The van der Waals surface area contributed by atoms with Crippen LogP contribution in [0, 0.1) is 0 Å². The molecule has 0 saturated carbocycles. The van der Waals surface area contributed by atoms with Crippen LogP contribution in [0.25, 0.3) is 0 Å². The number of furan rings is 1. The second kappa shape index (κ2) is 4.55. The Bertz CT molecular complexity index is 361. The molecular weight excluding hydrogens is 220 g/mol. The van der Waals surface area contributed by atoms with Crippen LogP contribution in [0.3, 0.4) is 0 Å². The molecule has 0 aromatic carbocycles. The van der Waals surface area contributed by atoms with Crippen LogP contribution in [-0.2, 0) is 11.0 Å². The number of aldehydes is 1. The van der Waals surface area contributed by atoms with E-state index in [0.717, 1.165) is 5.56 Å². The van der Waals surface area contributed by atoms with Gasteiger partial charge in [0, 0.05) is 5.56 Å². The third-order valence-corrected chi connectivity index (χ3v) is 7.67. The predicted molar refractivity (Wildman–Crippen MR) is 66.1 cm³/mol. The lowest BCUT2D eigenvalue weighted by atomic mass is 10.2. The van der Waals surface area contributed by atoms with Crippen LogP contribution in [-0.4, -0.2) is 14.6 Å². The quantitative estimate of drug-likeness (QED) is 0.596. The minimum atomic E-state index is -1.72. The topological polar surface area (TPSA) is 39.4 Å². The van der Waals surface area contributed by atoms with E-state index < -0.39 is 8.32 Å². The molecule has 1 aromatic rings. The Kier molecular flexibility index (Phi) is 3.75. The number of rotatable bonds is 4. The third kappa shape index (κ3) is 3.06. The molecule has 3 nitrogen and oxygen atoms in total. The maximum atomic E-state index is 10.5. The Morgan fingerprint density at radius 3 is 2.50 bits per heavy atom. The molecule has 0 amide bonds. The van der Waals surface area contributed by atoms with Gasteiger partial charge < -0.3 is 8.84 Å². The molecule has 0 aliphatic carbocycles. The van der Waals surface area contributed by atoms with Crippen molar-refractivity contribution >= 4 is 14.6 Å². The van der Waals surface area contributed by atoms with Gasteiger partial charge in [0.05, 0.1) is 12.9 Å². The van der Waals surface area contributed by atoms with E-state index in [1.54, 1.807) is 12.3 Å². The fourth-order valence-corrected chi connectivity index (χ4v) is 1.97. The molecule has 0 aliphatic rings. The molecule has 16 heavy (non-hydrogen) atoms. The highest BCUT2D eigenvalue weighted by Crippen LogP contribution is 2.37. The molecule has 0 fully saturated rings. The lowest BCUT2D eigenvalue weighted by Crippen LogP contribution is -2.40. The van der Waals surface area contributed by atoms with Gasteiger partial charge in [-0.2, -0.15) is 0 Å². The molecule has 0 aliphatic heterocycles. The summed E-state index contributed by atoms with van der Waals surface area (Å²) in [5.74, 6) is 0.355. The van der Waals surface area contributed by atoms with Gasteiger partial charge in [-0.05, 0) is 24.2 Å². The molecule has 0 saturated heterocycles. The average molecular weight is 240 g/mol. The molecule has 1 aromatic heterocycles. The van der Waals surface area contributed by atoms with Crippen LogP contribution in [0.1, 0.15) is 36.9 Å². The van der Waals surface area contributed by atoms with Crippen molar-refractivity contribution in [3.63, 3.8) is 0 Å². The number of carbonyl (C=O) groups excluding carboxylic acids is 1. The summed E-state index contributed by atoms with van der Waals surface area (Å²) in [4.78, 5) is 10.5. The SMILES string of the molecule is CC(C)(C)[Si](C)(C)OCc1coc(C=O)c1. The molecule has 0 bridgehead atoms. The molecule has 1 rings (SSSR count). The molecule has 90 valence electrons. The maximum absolute atomic E-state index is 10.5. The largest absolute Gasteiger partial charge is 0.461 e. The zero-order valence-electron chi connectivity index (χ0n) is 10.7. The Morgan fingerprint density at radius 1 is 1.44 bits per heavy atom. The van der Waals surface area contributed by atoms with Crippen LogP contribution < -0.4 is 0 Å². The second-order valence-electron chi connectivity index (χ2n) is 5.52. The molecule has 0 atom stereocenters. The average Bonchev–Trinajstić information content (AvgIpc) is 2.60. The first-order valence-corrected chi connectivity index (χ1v) is 8.33. The van der Waals surface area contributed by atoms with Gasteiger partial charge in [-0.3, -0.25) is 4.79 Å². The maximum Gasteiger partial charge on any atom is 0.192 e. The van der Waals surface area contributed by atoms with Crippen molar-refractivity contribution in [2.45, 2.75) is 45.5 Å². The number of carbonyl (C=O) groups is 1. The Hall–Kier alpha value is -0.873. The highest BCUT2D eigenvalue weighted by molar-refractivity contribution is 6.74. The van der Waals surface area contributed by atoms with Crippen LogP contribution in [0.5, 0.6) is 0 Å². The molecule has 1 heterocycles. The van der Waals surface area contributed by atoms with Gasteiger partial charge in [0.1, 0.15) is 0 Å². The van der Waals surface area contributed by atoms with E-state index in [4.69, 9.17) is 8.84 Å². The summed E-state index contributed by atoms with van der Waals surface area (Å²) in [7, 11) is -1.72. The zero-order valence-corrected chi connectivity index (χ0v) is 11.7. The molecule has 4 heteroatoms. The van der Waals surface area contributed by atoms with Gasteiger partial charge in [-0.15, -0.1) is 0 Å². The number of hydrogen-bond donors (Lipinski definition) is 0. The lowest BCUT2D eigenvalue weighted by molar-refractivity contribution is 0.110. The van der Waals surface area contributed by atoms with E-state index in [-0.39, 0.29) is 5.04 Å². The van der Waals surface area contributed by atoms with Crippen molar-refractivity contribution in [3.8, 4) is 0 Å². The highest BCUT2D eigenvalue weighted by atomic mass is 28.4. The minimum absolute atomic E-state index is 0.199. The Labute approximate surface area is 97.9 Å². The first-order valence-electron chi connectivity index (χ1n) is 5.43. The Balaban J connectivity index is 2.61. The summed E-state index contributed by atoms with van der Waals surface area (Å²) in [6.07, 6.45) is 2.28. The van der Waals surface area contributed by atoms with Crippen molar-refractivity contribution in [2.75, 3.05) is 0 Å². The summed E-state index contributed by atoms with van der Waals surface area (Å²) in [6.45, 7) is 11.5. The normalized spacial score (nSPS) is 12.8. The summed E-state index contributed by atoms with van der Waals surface area (Å²) in [6, 6.07) is 1.72. The van der Waals surface area contributed by atoms with Crippen molar-refractivity contribution in [1.29, 1.82) is 0 Å². The smallest absolute Gasteiger partial charge is 0.192 e. The van der Waals surface area contributed by atoms with Crippen molar-refractivity contribution in [2.24, 2.45) is 0 Å². The van der Waals surface area contributed by atoms with E-state index in [1.165, 1.54) is 0 Å². The summed E-state index contributed by atoms with van der Waals surface area (Å²) in [5, 5.41) is 0.199. The lowest BCUT2D eigenvalue weighted by Gasteiger charge is -2.36. The Morgan fingerprint density at radius 2 is 2.06 bits per heavy atom. The summed E-state index contributed by atoms with van der Waals surface area (Å²) in [5.41, 5.74) is 0.923. The molecule has 0 radical (unpaired) electrons. The van der Waals surface area contributed by atoms with Gasteiger partial charge in [-0.1, -0.05) is 20.8 Å². The predicted octanol–water partition coefficient (Wildman–Crippen LogP) is 3.61. The van der Waals surface area contributed by atoms with Crippen molar-refractivity contribution in [3.05, 3.63) is 23.7 Å². The molecule has 0 N–H and O–H groups in total. The fourth-order valence-electron chi connectivity index (χ4n) is 1.01. The fraction of sp³-hybridized carbons (Fsp3) is 0.583. The van der Waals surface area contributed by atoms with Crippen LogP contribution in [0.2, 0.25) is 18.1 Å². The zero-order chi connectivity index (χ0) is 12.4. The van der Waals surface area contributed by atoms with Crippen LogP contribution in [0.4, 0.5) is 0 Å². The van der Waals surface area contributed by atoms with Crippen molar-refractivity contribution < 1.29 is 13.6 Å². The second-order valence-corrected chi connectivity index (χ2v) is 10.3. The first-order chi connectivity index (χ1) is 7.26. The van der Waals surface area contributed by atoms with Gasteiger partial charge in [-0.25, -0.2) is 0 Å². The van der Waals surface area contributed by atoms with Crippen LogP contribution >= 0.6 is 0 Å². The van der Waals surface area contributed by atoms with E-state index in [2.05, 4.69) is 33.9 Å². The van der Waals surface area contributed by atoms with Gasteiger partial charge in [0.25, 0.3) is 0 Å². The number of hydrogen-bond acceptors (Lipinski definition) is 3. The molecule has 0 spiro atoms. The highest BCUT2D eigenvalue weighted by Gasteiger charge is 2.37. The van der Waals surface area contributed by atoms with Gasteiger partial charge >= 0.3 is 0 Å². The molecular formula is C12H20O3Si. The third-order valence-electron chi connectivity index (χ3n) is 3.20. The first kappa shape index (κ1) is 13.2. The van der Waals surface area contributed by atoms with Crippen LogP contribution in [0.15, 0.2) is 16.7 Å². The summed E-state index contributed by atoms with van der Waals surface area (Å²) >= 11 is 0. The van der Waals surface area contributed by atoms with E-state index >= 15 is 0 Å². The summed E-state index contributed by atoms with van der Waals surface area (Å²) < 4.78 is 11.0. The standard InChI is InChI=1S/C12H20O3Si/c1-12(2,3)16(4,5)15-9-10-6-11(7-13)14-8-10/h6-8H,9H2,1-5H3.